The van der Waals surface area contributed by atoms with Gasteiger partial charge in [0.05, 0.1) is 16.8 Å². The van der Waals surface area contributed by atoms with E-state index in [-0.39, 0.29) is 11.3 Å². The van der Waals surface area contributed by atoms with E-state index in [1.165, 1.54) is 34.9 Å². The summed E-state index contributed by atoms with van der Waals surface area (Å²) in [6, 6.07) is 8.22. The van der Waals surface area contributed by atoms with Crippen LogP contribution in [0.2, 0.25) is 0 Å². The van der Waals surface area contributed by atoms with Crippen molar-refractivity contribution in [3.05, 3.63) is 75.6 Å². The van der Waals surface area contributed by atoms with Crippen LogP contribution in [-0.4, -0.2) is 4.98 Å². The van der Waals surface area contributed by atoms with Crippen molar-refractivity contribution in [1.29, 1.82) is 0 Å². The van der Waals surface area contributed by atoms with E-state index >= 15 is 0 Å². The fourth-order valence-electron chi connectivity index (χ4n) is 2.17. The van der Waals surface area contributed by atoms with Crippen LogP contribution in [0.25, 0.3) is 23.4 Å². The van der Waals surface area contributed by atoms with Crippen LogP contribution in [0.1, 0.15) is 16.1 Å². The zero-order valence-electron chi connectivity index (χ0n) is 12.5. The summed E-state index contributed by atoms with van der Waals surface area (Å²) in [6.45, 7) is 0. The molecule has 0 atom stereocenters. The molecule has 1 heterocycles. The molecular formula is C18H10F5NS. The predicted molar refractivity (Wildman–Crippen MR) is 87.8 cm³/mol. The van der Waals surface area contributed by atoms with Crippen LogP contribution in [0.4, 0.5) is 22.0 Å². The highest BCUT2D eigenvalue weighted by Gasteiger charge is 2.29. The van der Waals surface area contributed by atoms with Gasteiger partial charge in [-0.15, -0.1) is 11.3 Å². The van der Waals surface area contributed by atoms with Gasteiger partial charge < -0.3 is 0 Å². The topological polar surface area (TPSA) is 12.9 Å². The first-order chi connectivity index (χ1) is 11.8. The summed E-state index contributed by atoms with van der Waals surface area (Å²) in [5, 5.41) is 2.01. The monoisotopic (exact) mass is 367 g/mol. The van der Waals surface area contributed by atoms with E-state index in [9.17, 15) is 22.0 Å². The van der Waals surface area contributed by atoms with E-state index in [2.05, 4.69) is 4.98 Å². The predicted octanol–water partition coefficient (Wildman–Crippen LogP) is 6.28. The summed E-state index contributed by atoms with van der Waals surface area (Å²) >= 11 is 1.18. The molecule has 0 fully saturated rings. The van der Waals surface area contributed by atoms with E-state index in [0.717, 1.165) is 24.3 Å². The number of rotatable bonds is 3. The van der Waals surface area contributed by atoms with Crippen molar-refractivity contribution < 1.29 is 22.0 Å². The fourth-order valence-corrected chi connectivity index (χ4v) is 2.87. The molecule has 0 amide bonds. The molecule has 0 aliphatic heterocycles. The lowest BCUT2D eigenvalue weighted by Crippen LogP contribution is -2.03. The van der Waals surface area contributed by atoms with Crippen LogP contribution < -0.4 is 0 Å². The van der Waals surface area contributed by atoms with Gasteiger partial charge in [-0.25, -0.2) is 13.8 Å². The van der Waals surface area contributed by atoms with E-state index < -0.39 is 23.4 Å². The second-order valence-electron chi connectivity index (χ2n) is 5.12. The third kappa shape index (κ3) is 3.93. The molecule has 128 valence electrons. The summed E-state index contributed by atoms with van der Waals surface area (Å²) < 4.78 is 65.0. The first-order valence-electron chi connectivity index (χ1n) is 7.10. The Labute approximate surface area is 144 Å². The molecule has 0 saturated carbocycles. The minimum Gasteiger partial charge on any atom is -0.236 e. The Kier molecular flexibility index (Phi) is 4.67. The van der Waals surface area contributed by atoms with Crippen molar-refractivity contribution in [1.82, 2.24) is 4.98 Å². The first-order valence-corrected chi connectivity index (χ1v) is 7.98. The molecule has 3 aromatic rings. The zero-order valence-corrected chi connectivity index (χ0v) is 13.3. The molecule has 0 aliphatic rings. The van der Waals surface area contributed by atoms with Gasteiger partial charge in [-0.3, -0.25) is 0 Å². The lowest BCUT2D eigenvalue weighted by atomic mass is 10.1. The van der Waals surface area contributed by atoms with Crippen LogP contribution in [0.3, 0.4) is 0 Å². The van der Waals surface area contributed by atoms with Gasteiger partial charge in [0, 0.05) is 5.38 Å². The Hall–Kier alpha value is -2.54. The van der Waals surface area contributed by atoms with Crippen molar-refractivity contribution >= 4 is 23.5 Å². The molecule has 0 unspecified atom stereocenters. The largest absolute Gasteiger partial charge is 0.416 e. The molecule has 0 bridgehead atoms. The Morgan fingerprint density at radius 3 is 2.12 bits per heavy atom. The molecule has 0 spiro atoms. The van der Waals surface area contributed by atoms with Gasteiger partial charge in [0.2, 0.25) is 0 Å². The number of alkyl halides is 3. The molecular weight excluding hydrogens is 357 g/mol. The van der Waals surface area contributed by atoms with Gasteiger partial charge in [0.15, 0.2) is 0 Å². The molecule has 3 rings (SSSR count). The maximum Gasteiger partial charge on any atom is 0.416 e. The maximum absolute atomic E-state index is 13.7. The van der Waals surface area contributed by atoms with Crippen LogP contribution in [0, 0.1) is 11.6 Å². The average Bonchev–Trinajstić information content (AvgIpc) is 3.01. The van der Waals surface area contributed by atoms with Gasteiger partial charge in [0.1, 0.15) is 16.6 Å². The second-order valence-corrected chi connectivity index (χ2v) is 6.01. The third-order valence-electron chi connectivity index (χ3n) is 3.40. The van der Waals surface area contributed by atoms with E-state index in [4.69, 9.17) is 0 Å². The van der Waals surface area contributed by atoms with Crippen molar-refractivity contribution in [2.75, 3.05) is 0 Å². The summed E-state index contributed by atoms with van der Waals surface area (Å²) in [6.07, 6.45) is -1.22. The lowest BCUT2D eigenvalue weighted by Gasteiger charge is -2.05. The van der Waals surface area contributed by atoms with Gasteiger partial charge >= 0.3 is 6.18 Å². The SMILES string of the molecule is Fc1cccc(F)c1-c1csc(/C=C/c2ccc(C(F)(F)F)cc2)n1. The number of aromatic nitrogens is 1. The van der Waals surface area contributed by atoms with Crippen molar-refractivity contribution in [2.24, 2.45) is 0 Å². The molecule has 0 saturated heterocycles. The summed E-state index contributed by atoms with van der Waals surface area (Å²) in [4.78, 5) is 4.15. The Morgan fingerprint density at radius 2 is 1.52 bits per heavy atom. The second kappa shape index (κ2) is 6.76. The minimum atomic E-state index is -4.38. The van der Waals surface area contributed by atoms with Gasteiger partial charge in [-0.2, -0.15) is 13.2 Å². The van der Waals surface area contributed by atoms with Gasteiger partial charge in [0.25, 0.3) is 0 Å². The number of thiazole rings is 1. The molecule has 1 nitrogen and oxygen atoms in total. The molecule has 25 heavy (non-hydrogen) atoms. The van der Waals surface area contributed by atoms with Crippen LogP contribution in [0.15, 0.2) is 47.8 Å². The van der Waals surface area contributed by atoms with Gasteiger partial charge in [-0.05, 0) is 35.9 Å². The quantitative estimate of drug-likeness (QED) is 0.497. The van der Waals surface area contributed by atoms with E-state index in [1.807, 2.05) is 0 Å². The first kappa shape index (κ1) is 17.3. The summed E-state index contributed by atoms with van der Waals surface area (Å²) in [5.41, 5.74) is -0.196. The summed E-state index contributed by atoms with van der Waals surface area (Å²) in [5.74, 6) is -1.41. The van der Waals surface area contributed by atoms with Crippen LogP contribution in [0.5, 0.6) is 0 Å². The van der Waals surface area contributed by atoms with Crippen LogP contribution in [-0.2, 0) is 6.18 Å². The maximum atomic E-state index is 13.7. The molecule has 0 aliphatic carbocycles. The number of nitrogens with zero attached hydrogens (tertiary/aromatic N) is 1. The molecule has 0 N–H and O–H groups in total. The number of hydrogen-bond donors (Lipinski definition) is 0. The number of benzene rings is 2. The normalized spacial score (nSPS) is 12.0. The fraction of sp³-hybridized carbons (Fsp3) is 0.0556. The highest BCUT2D eigenvalue weighted by atomic mass is 32.1. The highest BCUT2D eigenvalue weighted by Crippen LogP contribution is 2.30. The highest BCUT2D eigenvalue weighted by molar-refractivity contribution is 7.10. The smallest absolute Gasteiger partial charge is 0.236 e. The molecule has 1 aromatic heterocycles. The minimum absolute atomic E-state index is 0.174. The number of hydrogen-bond acceptors (Lipinski definition) is 2. The average molecular weight is 367 g/mol. The van der Waals surface area contributed by atoms with Gasteiger partial charge in [-0.1, -0.05) is 24.3 Å². The van der Waals surface area contributed by atoms with Crippen molar-refractivity contribution in [3.63, 3.8) is 0 Å². The molecule has 7 heteroatoms. The zero-order chi connectivity index (χ0) is 18.0. The van der Waals surface area contributed by atoms with E-state index in [0.29, 0.717) is 10.6 Å². The van der Waals surface area contributed by atoms with Crippen molar-refractivity contribution in [3.8, 4) is 11.3 Å². The lowest BCUT2D eigenvalue weighted by molar-refractivity contribution is -0.137. The Morgan fingerprint density at radius 1 is 0.880 bits per heavy atom. The van der Waals surface area contributed by atoms with E-state index in [1.54, 1.807) is 12.2 Å². The van der Waals surface area contributed by atoms with Crippen LogP contribution >= 0.6 is 11.3 Å². The molecule has 2 aromatic carbocycles. The summed E-state index contributed by atoms with van der Waals surface area (Å²) in [7, 11) is 0. The number of halogens is 5. The Balaban J connectivity index is 1.81. The standard InChI is InChI=1S/C18H10F5NS/c19-13-2-1-3-14(20)17(13)15-10-25-16(24-15)9-6-11-4-7-12(8-5-11)18(21,22)23/h1-10H/b9-6+. The Bertz CT molecular complexity index is 890. The van der Waals surface area contributed by atoms with Crippen molar-refractivity contribution in [2.45, 2.75) is 6.18 Å². The molecule has 0 radical (unpaired) electrons. The third-order valence-corrected chi connectivity index (χ3v) is 4.21.